The number of methoxy groups -OCH3 is 1. The van der Waals surface area contributed by atoms with Crippen molar-refractivity contribution in [3.63, 3.8) is 0 Å². The molecule has 0 radical (unpaired) electrons. The molecule has 0 bridgehead atoms. The Hall–Kier alpha value is -1.74. The van der Waals surface area contributed by atoms with Crippen LogP contribution >= 0.6 is 11.3 Å². The molecule has 1 atom stereocenters. The zero-order valence-corrected chi connectivity index (χ0v) is 15.3. The molecule has 1 fully saturated rings. The predicted octanol–water partition coefficient (Wildman–Crippen LogP) is 2.71. The molecule has 1 aromatic carbocycles. The van der Waals surface area contributed by atoms with Gasteiger partial charge in [-0.2, -0.15) is 0 Å². The highest BCUT2D eigenvalue weighted by atomic mass is 32.1. The third-order valence-electron chi connectivity index (χ3n) is 3.95. The van der Waals surface area contributed by atoms with Crippen molar-refractivity contribution in [2.24, 2.45) is 0 Å². The summed E-state index contributed by atoms with van der Waals surface area (Å²) in [5.74, 6) is 0. The van der Waals surface area contributed by atoms with Crippen LogP contribution in [0, 0.1) is 0 Å². The highest BCUT2D eigenvalue weighted by Gasteiger charge is 2.25. The first kappa shape index (κ1) is 18.1. The van der Waals surface area contributed by atoms with E-state index in [0.717, 1.165) is 15.8 Å². The Morgan fingerprint density at radius 2 is 2.40 bits per heavy atom. The number of amides is 2. The second kappa shape index (κ2) is 8.57. The van der Waals surface area contributed by atoms with Crippen molar-refractivity contribution >= 4 is 32.7 Å². The number of benzene rings is 1. The van der Waals surface area contributed by atoms with E-state index in [9.17, 15) is 4.79 Å². The fraction of sp³-hybridized carbons (Fsp3) is 0.529. The number of morpholine rings is 1. The standard InChI is InChI=1S/C17H23N3O4S/c1-3-23-11-13-9-20(7-8-24-13)17(21)19-16-18-15-12(10-22-2)5-4-6-14(15)25-16/h4-6,13H,3,7-11H2,1-2H3,(H,18,19,21). The first-order chi connectivity index (χ1) is 12.2. The molecule has 1 aliphatic rings. The number of nitrogens with one attached hydrogen (secondary N) is 1. The maximum Gasteiger partial charge on any atom is 0.323 e. The predicted molar refractivity (Wildman–Crippen MR) is 97.2 cm³/mol. The van der Waals surface area contributed by atoms with Gasteiger partial charge in [0.15, 0.2) is 5.13 Å². The van der Waals surface area contributed by atoms with Crippen LogP contribution in [0.2, 0.25) is 0 Å². The lowest BCUT2D eigenvalue weighted by molar-refractivity contribution is -0.0555. The normalized spacial score (nSPS) is 17.8. The van der Waals surface area contributed by atoms with Crippen LogP contribution in [0.3, 0.4) is 0 Å². The summed E-state index contributed by atoms with van der Waals surface area (Å²) in [5, 5.41) is 3.50. The first-order valence-electron chi connectivity index (χ1n) is 8.34. The summed E-state index contributed by atoms with van der Waals surface area (Å²) in [6.07, 6.45) is -0.0804. The molecule has 0 saturated carbocycles. The van der Waals surface area contributed by atoms with E-state index in [2.05, 4.69) is 10.3 Å². The summed E-state index contributed by atoms with van der Waals surface area (Å²) in [6, 6.07) is 5.80. The Labute approximate surface area is 150 Å². The van der Waals surface area contributed by atoms with Crippen LogP contribution in [0.1, 0.15) is 12.5 Å². The quantitative estimate of drug-likeness (QED) is 0.852. The van der Waals surface area contributed by atoms with E-state index < -0.39 is 0 Å². The van der Waals surface area contributed by atoms with Crippen molar-refractivity contribution in [1.82, 2.24) is 9.88 Å². The molecule has 1 aromatic heterocycles. The molecule has 2 amide bonds. The SMILES string of the molecule is CCOCC1CN(C(=O)Nc2nc3c(COC)cccc3s2)CCO1. The number of thiazole rings is 1. The molecule has 7 nitrogen and oxygen atoms in total. The molecule has 2 aromatic rings. The fourth-order valence-corrected chi connectivity index (χ4v) is 3.66. The number of ether oxygens (including phenoxy) is 3. The van der Waals surface area contributed by atoms with Gasteiger partial charge in [0.25, 0.3) is 0 Å². The summed E-state index contributed by atoms with van der Waals surface area (Å²) in [7, 11) is 1.66. The monoisotopic (exact) mass is 365 g/mol. The molecule has 136 valence electrons. The van der Waals surface area contributed by atoms with Crippen LogP contribution in [0.25, 0.3) is 10.2 Å². The molecule has 1 unspecified atom stereocenters. The summed E-state index contributed by atoms with van der Waals surface area (Å²) < 4.78 is 17.3. The van der Waals surface area contributed by atoms with Crippen molar-refractivity contribution in [3.8, 4) is 0 Å². The molecule has 3 rings (SSSR count). The van der Waals surface area contributed by atoms with Gasteiger partial charge >= 0.3 is 6.03 Å². The lowest BCUT2D eigenvalue weighted by Crippen LogP contribution is -2.48. The van der Waals surface area contributed by atoms with Gasteiger partial charge in [0.05, 0.1) is 42.7 Å². The van der Waals surface area contributed by atoms with E-state index in [-0.39, 0.29) is 12.1 Å². The van der Waals surface area contributed by atoms with Crippen LogP contribution in [0.5, 0.6) is 0 Å². The van der Waals surface area contributed by atoms with E-state index in [4.69, 9.17) is 14.2 Å². The first-order valence-corrected chi connectivity index (χ1v) is 9.15. The second-order valence-corrected chi connectivity index (χ2v) is 6.77. The minimum absolute atomic E-state index is 0.0804. The van der Waals surface area contributed by atoms with Crippen LogP contribution in [-0.2, 0) is 20.8 Å². The molecule has 25 heavy (non-hydrogen) atoms. The number of fused-ring (bicyclic) bond motifs is 1. The van der Waals surface area contributed by atoms with Crippen molar-refractivity contribution < 1.29 is 19.0 Å². The van der Waals surface area contributed by atoms with Crippen LogP contribution in [0.15, 0.2) is 18.2 Å². The number of nitrogens with zero attached hydrogens (tertiary/aromatic N) is 2. The van der Waals surface area contributed by atoms with Gasteiger partial charge in [0.1, 0.15) is 0 Å². The molecule has 8 heteroatoms. The number of para-hydroxylation sites is 1. The Bertz CT molecular complexity index is 721. The highest BCUT2D eigenvalue weighted by Crippen LogP contribution is 2.29. The third-order valence-corrected chi connectivity index (χ3v) is 4.89. The van der Waals surface area contributed by atoms with Gasteiger partial charge in [0.2, 0.25) is 0 Å². The topological polar surface area (TPSA) is 72.9 Å². The van der Waals surface area contributed by atoms with E-state index in [1.165, 1.54) is 11.3 Å². The third kappa shape index (κ3) is 4.46. The molecular weight excluding hydrogens is 342 g/mol. The number of aromatic nitrogens is 1. The van der Waals surface area contributed by atoms with Crippen LogP contribution in [-0.4, -0.2) is 62.0 Å². The van der Waals surface area contributed by atoms with Crippen molar-refractivity contribution in [2.45, 2.75) is 19.6 Å². The number of hydrogen-bond acceptors (Lipinski definition) is 6. The van der Waals surface area contributed by atoms with Gasteiger partial charge in [-0.25, -0.2) is 9.78 Å². The number of urea groups is 1. The molecule has 1 saturated heterocycles. The van der Waals surface area contributed by atoms with Gasteiger partial charge in [-0.1, -0.05) is 23.5 Å². The number of anilines is 1. The summed E-state index contributed by atoms with van der Waals surface area (Å²) in [5.41, 5.74) is 1.89. The molecule has 2 heterocycles. The van der Waals surface area contributed by atoms with Gasteiger partial charge in [-0.05, 0) is 13.0 Å². The average molecular weight is 365 g/mol. The average Bonchev–Trinajstić information content (AvgIpc) is 3.04. The Balaban J connectivity index is 1.66. The van der Waals surface area contributed by atoms with Gasteiger partial charge < -0.3 is 19.1 Å². The Kier molecular flexibility index (Phi) is 6.19. The van der Waals surface area contributed by atoms with Gasteiger partial charge in [-0.3, -0.25) is 5.32 Å². The zero-order chi connectivity index (χ0) is 17.6. The van der Waals surface area contributed by atoms with Gasteiger partial charge in [0, 0.05) is 25.8 Å². The summed E-state index contributed by atoms with van der Waals surface area (Å²) in [6.45, 7) is 5.18. The van der Waals surface area contributed by atoms with E-state index in [1.54, 1.807) is 12.0 Å². The van der Waals surface area contributed by atoms with E-state index in [1.807, 2.05) is 25.1 Å². The van der Waals surface area contributed by atoms with Crippen LogP contribution < -0.4 is 5.32 Å². The molecule has 0 spiro atoms. The summed E-state index contributed by atoms with van der Waals surface area (Å²) >= 11 is 1.46. The maximum atomic E-state index is 12.5. The smallest absolute Gasteiger partial charge is 0.323 e. The van der Waals surface area contributed by atoms with Crippen molar-refractivity contribution in [3.05, 3.63) is 23.8 Å². The molecule has 1 aliphatic heterocycles. The fourth-order valence-electron chi connectivity index (χ4n) is 2.76. The lowest BCUT2D eigenvalue weighted by atomic mass is 10.2. The van der Waals surface area contributed by atoms with Crippen molar-refractivity contribution in [1.29, 1.82) is 0 Å². The Morgan fingerprint density at radius 3 is 3.20 bits per heavy atom. The zero-order valence-electron chi connectivity index (χ0n) is 14.5. The molecular formula is C17H23N3O4S. The minimum Gasteiger partial charge on any atom is -0.380 e. The minimum atomic E-state index is -0.155. The maximum absolute atomic E-state index is 12.5. The lowest BCUT2D eigenvalue weighted by Gasteiger charge is -2.32. The number of carbonyl (C=O) groups is 1. The highest BCUT2D eigenvalue weighted by molar-refractivity contribution is 7.22. The second-order valence-electron chi connectivity index (χ2n) is 5.74. The van der Waals surface area contributed by atoms with E-state index >= 15 is 0 Å². The summed E-state index contributed by atoms with van der Waals surface area (Å²) in [4.78, 5) is 18.8. The van der Waals surface area contributed by atoms with Crippen LogP contribution in [0.4, 0.5) is 9.93 Å². The molecule has 0 aliphatic carbocycles. The number of rotatable bonds is 6. The molecule has 1 N–H and O–H groups in total. The number of carbonyl (C=O) groups excluding carboxylic acids is 1. The number of hydrogen-bond donors (Lipinski definition) is 1. The van der Waals surface area contributed by atoms with E-state index in [0.29, 0.717) is 44.6 Å². The van der Waals surface area contributed by atoms with Crippen molar-refractivity contribution in [2.75, 3.05) is 45.3 Å². The Morgan fingerprint density at radius 1 is 1.52 bits per heavy atom. The van der Waals surface area contributed by atoms with Gasteiger partial charge in [-0.15, -0.1) is 0 Å². The largest absolute Gasteiger partial charge is 0.380 e.